The minimum atomic E-state index is -1.42. The number of H-pyrrole nitrogens is 2. The maximum atomic E-state index is 12.3. The summed E-state index contributed by atoms with van der Waals surface area (Å²) in [4.78, 5) is 29.8. The van der Waals surface area contributed by atoms with Crippen LogP contribution in [0, 0.1) is 6.92 Å². The fraction of sp³-hybridized carbons (Fsp3) is 0.333. The lowest BCUT2D eigenvalue weighted by Gasteiger charge is -2.12. The first-order valence-electron chi connectivity index (χ1n) is 9.49. The second-order valence-corrected chi connectivity index (χ2v) is 7.25. The molecule has 0 aliphatic heterocycles. The molecular weight excluding hydrogens is 394 g/mol. The lowest BCUT2D eigenvalue weighted by molar-refractivity contribution is 0.0691. The number of carbonyl (C=O) groups is 1. The molecule has 0 fully saturated rings. The highest BCUT2D eigenvalue weighted by Gasteiger charge is 2.26. The Bertz CT molecular complexity index is 1160. The highest BCUT2D eigenvalue weighted by molar-refractivity contribution is 5.94. The van der Waals surface area contributed by atoms with Crippen LogP contribution in [0.5, 0.6) is 5.75 Å². The molecule has 2 aromatic heterocycles. The average molecular weight is 418 g/mol. The van der Waals surface area contributed by atoms with E-state index in [1.54, 1.807) is 0 Å². The molecule has 7 nitrogen and oxygen atoms in total. The van der Waals surface area contributed by atoms with Gasteiger partial charge in [0, 0.05) is 34.3 Å². The van der Waals surface area contributed by atoms with E-state index in [2.05, 4.69) is 35.2 Å². The van der Waals surface area contributed by atoms with Crippen LogP contribution in [0.3, 0.4) is 0 Å². The van der Waals surface area contributed by atoms with Crippen LogP contribution in [0.4, 0.5) is 0 Å². The van der Waals surface area contributed by atoms with Gasteiger partial charge >= 0.3 is 5.97 Å². The van der Waals surface area contributed by atoms with E-state index in [1.807, 2.05) is 6.07 Å². The van der Waals surface area contributed by atoms with E-state index in [1.165, 1.54) is 5.56 Å². The molecule has 1 aliphatic carbocycles. The number of aromatic hydroxyl groups is 1. The summed E-state index contributed by atoms with van der Waals surface area (Å²) in [6, 6.07) is 4.13. The van der Waals surface area contributed by atoms with Gasteiger partial charge in [0.1, 0.15) is 5.75 Å². The number of rotatable bonds is 4. The Morgan fingerprint density at radius 2 is 2.00 bits per heavy atom. The van der Waals surface area contributed by atoms with Crippen molar-refractivity contribution < 1.29 is 15.0 Å². The minimum Gasteiger partial charge on any atom is -0.506 e. The number of carboxylic acid groups (broad SMARTS) is 1. The lowest BCUT2D eigenvalue weighted by atomic mass is 9.97. The third-order valence-corrected chi connectivity index (χ3v) is 5.58. The standard InChI is InChI=1S/C21H23N3O4.ClH/c1-3-22-9-16-10(2)13-7-11-5-4-6-12-18(14(11)8-15(13)23-16)24-20(26)17(19(12)25)21(27)28;/h7-8,22-23H,3-6,9H2,1-2H3,(H,27,28)(H2,24,25,26);1H. The fourth-order valence-electron chi connectivity index (χ4n) is 4.10. The molecule has 0 saturated carbocycles. The number of pyridine rings is 1. The summed E-state index contributed by atoms with van der Waals surface area (Å²) in [7, 11) is 0. The van der Waals surface area contributed by atoms with E-state index in [0.29, 0.717) is 17.7 Å². The van der Waals surface area contributed by atoms with Crippen LogP contribution in [0.2, 0.25) is 0 Å². The Balaban J connectivity index is 0.00000240. The van der Waals surface area contributed by atoms with E-state index in [4.69, 9.17) is 0 Å². The van der Waals surface area contributed by atoms with Crippen molar-refractivity contribution in [3.05, 3.63) is 50.4 Å². The number of nitrogens with one attached hydrogen (secondary N) is 3. The number of carboxylic acids is 1. The Labute approximate surface area is 173 Å². The molecule has 154 valence electrons. The first kappa shape index (κ1) is 21.0. The summed E-state index contributed by atoms with van der Waals surface area (Å²) in [6.07, 6.45) is 2.06. The molecule has 1 aliphatic rings. The molecule has 0 unspecified atom stereocenters. The first-order valence-corrected chi connectivity index (χ1v) is 9.49. The van der Waals surface area contributed by atoms with Crippen LogP contribution in [-0.2, 0) is 19.4 Å². The molecule has 4 rings (SSSR count). The topological polar surface area (TPSA) is 118 Å². The molecule has 1 aromatic carbocycles. The Morgan fingerprint density at radius 3 is 2.69 bits per heavy atom. The normalized spacial score (nSPS) is 12.8. The van der Waals surface area contributed by atoms with Gasteiger partial charge in [0.05, 0.1) is 5.69 Å². The number of halogens is 1. The van der Waals surface area contributed by atoms with Crippen molar-refractivity contribution in [1.29, 1.82) is 0 Å². The van der Waals surface area contributed by atoms with Crippen LogP contribution in [0.15, 0.2) is 16.9 Å². The zero-order valence-corrected chi connectivity index (χ0v) is 17.1. The van der Waals surface area contributed by atoms with E-state index >= 15 is 0 Å². The van der Waals surface area contributed by atoms with Crippen LogP contribution in [0.25, 0.3) is 22.2 Å². The van der Waals surface area contributed by atoms with E-state index in [-0.39, 0.29) is 12.4 Å². The third-order valence-electron chi connectivity index (χ3n) is 5.58. The largest absolute Gasteiger partial charge is 0.506 e. The number of aryl methyl sites for hydroxylation is 2. The predicted molar refractivity (Wildman–Crippen MR) is 114 cm³/mol. The molecule has 0 amide bonds. The molecule has 3 aromatic rings. The molecule has 5 N–H and O–H groups in total. The number of benzene rings is 1. The summed E-state index contributed by atoms with van der Waals surface area (Å²) in [5, 5.41) is 24.2. The van der Waals surface area contributed by atoms with Gasteiger partial charge in [-0.15, -0.1) is 12.4 Å². The Kier molecular flexibility index (Phi) is 5.73. The second-order valence-electron chi connectivity index (χ2n) is 7.25. The van der Waals surface area contributed by atoms with Gasteiger partial charge in [-0.1, -0.05) is 6.92 Å². The number of aromatic carboxylic acids is 1. The molecule has 2 heterocycles. The first-order chi connectivity index (χ1) is 13.4. The number of aromatic nitrogens is 2. The molecule has 0 radical (unpaired) electrons. The van der Waals surface area contributed by atoms with E-state index in [0.717, 1.165) is 53.7 Å². The molecule has 8 heteroatoms. The molecule has 0 spiro atoms. The molecule has 0 atom stereocenters. The van der Waals surface area contributed by atoms with Crippen LogP contribution < -0.4 is 10.9 Å². The van der Waals surface area contributed by atoms with E-state index in [9.17, 15) is 19.8 Å². The van der Waals surface area contributed by atoms with Gasteiger partial charge in [0.25, 0.3) is 5.56 Å². The van der Waals surface area contributed by atoms with Crippen molar-refractivity contribution in [3.63, 3.8) is 0 Å². The number of hydrogen-bond donors (Lipinski definition) is 5. The third kappa shape index (κ3) is 3.41. The molecule has 29 heavy (non-hydrogen) atoms. The highest BCUT2D eigenvalue weighted by atomic mass is 35.5. The maximum Gasteiger partial charge on any atom is 0.345 e. The van der Waals surface area contributed by atoms with Crippen molar-refractivity contribution in [3.8, 4) is 17.0 Å². The smallest absolute Gasteiger partial charge is 0.345 e. The average Bonchev–Trinajstić information content (AvgIpc) is 2.83. The fourth-order valence-corrected chi connectivity index (χ4v) is 4.10. The van der Waals surface area contributed by atoms with E-state index < -0.39 is 22.8 Å². The van der Waals surface area contributed by atoms with Crippen molar-refractivity contribution >= 4 is 29.3 Å². The zero-order valence-electron chi connectivity index (χ0n) is 16.3. The SMILES string of the molecule is CCNCc1[nH]c2cc3c(cc2c1C)CCCc1c-3[nH]c(=O)c(C(=O)O)c1O.Cl. The lowest BCUT2D eigenvalue weighted by Crippen LogP contribution is -2.20. The van der Waals surface area contributed by atoms with Crippen molar-refractivity contribution in [1.82, 2.24) is 15.3 Å². The second kappa shape index (κ2) is 7.93. The summed E-state index contributed by atoms with van der Waals surface area (Å²) in [6.45, 7) is 5.78. The van der Waals surface area contributed by atoms with Crippen molar-refractivity contribution in [2.45, 2.75) is 39.7 Å². The van der Waals surface area contributed by atoms with Crippen molar-refractivity contribution in [2.24, 2.45) is 0 Å². The summed E-state index contributed by atoms with van der Waals surface area (Å²) in [5.41, 5.74) is 4.82. The molecule has 0 bridgehead atoms. The van der Waals surface area contributed by atoms with Gasteiger partial charge in [-0.05, 0) is 56.0 Å². The predicted octanol–water partition coefficient (Wildman–Crippen LogP) is 3.26. The summed E-state index contributed by atoms with van der Waals surface area (Å²) < 4.78 is 0. The van der Waals surface area contributed by atoms with Gasteiger partial charge in [-0.25, -0.2) is 4.79 Å². The van der Waals surface area contributed by atoms with Gasteiger partial charge < -0.3 is 25.5 Å². The van der Waals surface area contributed by atoms with Gasteiger partial charge in [0.2, 0.25) is 0 Å². The quantitative estimate of drug-likeness (QED) is 0.446. The van der Waals surface area contributed by atoms with Crippen LogP contribution >= 0.6 is 12.4 Å². The van der Waals surface area contributed by atoms with Crippen molar-refractivity contribution in [2.75, 3.05) is 6.54 Å². The van der Waals surface area contributed by atoms with Gasteiger partial charge in [-0.2, -0.15) is 0 Å². The number of hydrogen-bond acceptors (Lipinski definition) is 4. The number of aromatic amines is 2. The van der Waals surface area contributed by atoms with Gasteiger partial charge in [-0.3, -0.25) is 4.79 Å². The maximum absolute atomic E-state index is 12.3. The molecular formula is C21H24ClN3O4. The highest BCUT2D eigenvalue weighted by Crippen LogP contribution is 2.38. The Morgan fingerprint density at radius 1 is 1.24 bits per heavy atom. The van der Waals surface area contributed by atoms with Gasteiger partial charge in [0.15, 0.2) is 5.56 Å². The monoisotopic (exact) mass is 417 g/mol. The minimum absolute atomic E-state index is 0. The number of fused-ring (bicyclic) bond motifs is 4. The van der Waals surface area contributed by atoms with Crippen LogP contribution in [-0.4, -0.2) is 32.7 Å². The summed E-state index contributed by atoms with van der Waals surface area (Å²) in [5.74, 6) is -1.84. The zero-order chi connectivity index (χ0) is 20.0. The molecule has 0 saturated heterocycles. The Hall–Kier alpha value is -2.77. The van der Waals surface area contributed by atoms with Crippen LogP contribution in [0.1, 0.15) is 46.1 Å². The summed E-state index contributed by atoms with van der Waals surface area (Å²) >= 11 is 0.